The fraction of sp³-hybridized carbons (Fsp3) is 0.250. The molecule has 4 heteroatoms. The molecule has 0 amide bonds. The number of benzene rings is 2. The van der Waals surface area contributed by atoms with Crippen LogP contribution in [-0.2, 0) is 6.54 Å². The number of likely N-dealkylation sites (tertiary alicyclic amines) is 1. The Morgan fingerprint density at radius 2 is 1.83 bits per heavy atom. The number of rotatable bonds is 4. The smallest absolute Gasteiger partial charge is 0.123 e. The van der Waals surface area contributed by atoms with Crippen LogP contribution in [0.2, 0.25) is 0 Å². The van der Waals surface area contributed by atoms with Crippen LogP contribution in [0.4, 0.5) is 4.39 Å². The minimum atomic E-state index is -0.226. The van der Waals surface area contributed by atoms with Crippen LogP contribution >= 0.6 is 0 Å². The summed E-state index contributed by atoms with van der Waals surface area (Å²) in [6.07, 6.45) is 6.37. The van der Waals surface area contributed by atoms with Crippen LogP contribution in [0.3, 0.4) is 0 Å². The van der Waals surface area contributed by atoms with Crippen molar-refractivity contribution >= 4 is 0 Å². The summed E-state index contributed by atoms with van der Waals surface area (Å²) in [6.45, 7) is 2.08. The third-order valence-corrected chi connectivity index (χ3v) is 4.67. The van der Waals surface area contributed by atoms with Gasteiger partial charge in [0.15, 0.2) is 0 Å². The lowest BCUT2D eigenvalue weighted by molar-refractivity contribution is 0.248. The molecule has 1 fully saturated rings. The van der Waals surface area contributed by atoms with Gasteiger partial charge < -0.3 is 0 Å². The monoisotopic (exact) mass is 321 g/mol. The van der Waals surface area contributed by atoms with E-state index in [1.54, 1.807) is 12.1 Å². The molecular weight excluding hydrogens is 301 g/mol. The average Bonchev–Trinajstić information content (AvgIpc) is 3.25. The first-order chi connectivity index (χ1) is 11.8. The number of aromatic nitrogens is 2. The van der Waals surface area contributed by atoms with Gasteiger partial charge >= 0.3 is 0 Å². The molecule has 122 valence electrons. The van der Waals surface area contributed by atoms with Gasteiger partial charge in [-0.1, -0.05) is 30.3 Å². The van der Waals surface area contributed by atoms with Crippen molar-refractivity contribution in [3.8, 4) is 5.69 Å². The van der Waals surface area contributed by atoms with E-state index in [1.807, 2.05) is 10.9 Å². The van der Waals surface area contributed by atoms with E-state index in [0.29, 0.717) is 6.04 Å². The van der Waals surface area contributed by atoms with E-state index in [4.69, 9.17) is 0 Å². The molecule has 2 aromatic carbocycles. The lowest BCUT2D eigenvalue weighted by Gasteiger charge is -2.23. The summed E-state index contributed by atoms with van der Waals surface area (Å²) >= 11 is 0. The van der Waals surface area contributed by atoms with E-state index in [1.165, 1.54) is 29.7 Å². The zero-order chi connectivity index (χ0) is 16.4. The predicted octanol–water partition coefficient (Wildman–Crippen LogP) is 4.35. The molecule has 0 spiro atoms. The number of nitrogens with zero attached hydrogens (tertiary/aromatic N) is 3. The van der Waals surface area contributed by atoms with Gasteiger partial charge in [-0.15, -0.1) is 0 Å². The third kappa shape index (κ3) is 3.10. The van der Waals surface area contributed by atoms with Gasteiger partial charge in [0.1, 0.15) is 5.82 Å². The molecule has 0 aliphatic carbocycles. The molecule has 0 radical (unpaired) electrons. The first-order valence-electron chi connectivity index (χ1n) is 8.38. The third-order valence-electron chi connectivity index (χ3n) is 4.67. The van der Waals surface area contributed by atoms with Gasteiger partial charge in [-0.05, 0) is 49.2 Å². The average molecular weight is 321 g/mol. The molecule has 2 heterocycles. The molecule has 3 nitrogen and oxygen atoms in total. The maximum absolute atomic E-state index is 13.1. The van der Waals surface area contributed by atoms with Gasteiger partial charge in [-0.25, -0.2) is 9.07 Å². The van der Waals surface area contributed by atoms with E-state index in [-0.39, 0.29) is 5.82 Å². The summed E-state index contributed by atoms with van der Waals surface area (Å²) in [5, 5.41) is 4.47. The zero-order valence-corrected chi connectivity index (χ0v) is 13.5. The Morgan fingerprint density at radius 3 is 2.62 bits per heavy atom. The Balaban J connectivity index is 1.53. The Morgan fingerprint density at radius 1 is 1.04 bits per heavy atom. The van der Waals surface area contributed by atoms with E-state index in [0.717, 1.165) is 25.2 Å². The molecule has 0 saturated carbocycles. The molecular formula is C20H20FN3. The minimum absolute atomic E-state index is 0.226. The van der Waals surface area contributed by atoms with E-state index in [9.17, 15) is 4.39 Å². The fourth-order valence-electron chi connectivity index (χ4n) is 3.45. The first kappa shape index (κ1) is 15.1. The molecule has 0 unspecified atom stereocenters. The van der Waals surface area contributed by atoms with Crippen molar-refractivity contribution in [3.05, 3.63) is 83.9 Å². The molecule has 1 aliphatic heterocycles. The van der Waals surface area contributed by atoms with Crippen LogP contribution in [0.25, 0.3) is 5.69 Å². The predicted molar refractivity (Wildman–Crippen MR) is 92.3 cm³/mol. The molecule has 1 atom stereocenters. The fourth-order valence-corrected chi connectivity index (χ4v) is 3.45. The van der Waals surface area contributed by atoms with Crippen molar-refractivity contribution in [2.75, 3.05) is 6.54 Å². The van der Waals surface area contributed by atoms with Gasteiger partial charge in [0, 0.05) is 24.3 Å². The van der Waals surface area contributed by atoms with E-state index >= 15 is 0 Å². The van der Waals surface area contributed by atoms with Crippen LogP contribution in [0.5, 0.6) is 0 Å². The minimum Gasteiger partial charge on any atom is -0.292 e. The van der Waals surface area contributed by atoms with Crippen molar-refractivity contribution in [2.45, 2.75) is 25.4 Å². The maximum atomic E-state index is 13.1. The van der Waals surface area contributed by atoms with E-state index < -0.39 is 0 Å². The molecule has 1 saturated heterocycles. The second kappa shape index (κ2) is 6.57. The van der Waals surface area contributed by atoms with Gasteiger partial charge in [0.05, 0.1) is 11.9 Å². The van der Waals surface area contributed by atoms with Crippen LogP contribution in [0, 0.1) is 5.82 Å². The summed E-state index contributed by atoms with van der Waals surface area (Å²) in [4.78, 5) is 2.52. The highest BCUT2D eigenvalue weighted by atomic mass is 19.1. The van der Waals surface area contributed by atoms with Gasteiger partial charge in [0.2, 0.25) is 0 Å². The van der Waals surface area contributed by atoms with Crippen LogP contribution in [0.15, 0.2) is 67.0 Å². The quantitative estimate of drug-likeness (QED) is 0.712. The number of hydrogen-bond donors (Lipinski definition) is 0. The Kier molecular flexibility index (Phi) is 4.13. The van der Waals surface area contributed by atoms with Crippen LogP contribution in [-0.4, -0.2) is 21.2 Å². The van der Waals surface area contributed by atoms with Crippen molar-refractivity contribution < 1.29 is 4.39 Å². The second-order valence-corrected chi connectivity index (χ2v) is 6.31. The van der Waals surface area contributed by atoms with E-state index in [2.05, 4.69) is 46.5 Å². The number of halogens is 1. The topological polar surface area (TPSA) is 21.1 Å². The molecule has 24 heavy (non-hydrogen) atoms. The normalized spacial score (nSPS) is 18.1. The highest BCUT2D eigenvalue weighted by Gasteiger charge is 2.27. The summed E-state index contributed by atoms with van der Waals surface area (Å²) in [7, 11) is 0. The Hall–Kier alpha value is -2.46. The molecule has 1 aromatic heterocycles. The SMILES string of the molecule is Fc1ccc(-n2cc([C@H]3CCCN3Cc3ccccc3)cn2)cc1. The van der Waals surface area contributed by atoms with Gasteiger partial charge in [-0.3, -0.25) is 4.90 Å². The standard InChI is InChI=1S/C20H20FN3/c21-18-8-10-19(11-9-18)24-15-17(13-22-24)20-7-4-12-23(20)14-16-5-2-1-3-6-16/h1-3,5-6,8-11,13,15,20H,4,7,12,14H2/t20-/m1/s1. The molecule has 3 aromatic rings. The van der Waals surface area contributed by atoms with Gasteiger partial charge in [-0.2, -0.15) is 5.10 Å². The summed E-state index contributed by atoms with van der Waals surface area (Å²) in [5.41, 5.74) is 3.46. The molecule has 0 bridgehead atoms. The Labute approximate surface area is 141 Å². The summed E-state index contributed by atoms with van der Waals surface area (Å²) in [6, 6.07) is 17.4. The molecule has 4 rings (SSSR count). The zero-order valence-electron chi connectivity index (χ0n) is 13.5. The first-order valence-corrected chi connectivity index (χ1v) is 8.38. The summed E-state index contributed by atoms with van der Waals surface area (Å²) < 4.78 is 14.9. The van der Waals surface area contributed by atoms with Crippen molar-refractivity contribution in [2.24, 2.45) is 0 Å². The van der Waals surface area contributed by atoms with Crippen molar-refractivity contribution in [1.82, 2.24) is 14.7 Å². The van der Waals surface area contributed by atoms with Crippen molar-refractivity contribution in [1.29, 1.82) is 0 Å². The molecule has 1 aliphatic rings. The van der Waals surface area contributed by atoms with Crippen LogP contribution in [0.1, 0.15) is 30.0 Å². The largest absolute Gasteiger partial charge is 0.292 e. The molecule has 0 N–H and O–H groups in total. The highest BCUT2D eigenvalue weighted by molar-refractivity contribution is 5.32. The maximum Gasteiger partial charge on any atom is 0.123 e. The summed E-state index contributed by atoms with van der Waals surface area (Å²) in [5.74, 6) is -0.226. The number of hydrogen-bond acceptors (Lipinski definition) is 2. The highest BCUT2D eigenvalue weighted by Crippen LogP contribution is 2.33. The lowest BCUT2D eigenvalue weighted by atomic mass is 10.1. The van der Waals surface area contributed by atoms with Gasteiger partial charge in [0.25, 0.3) is 0 Å². The van der Waals surface area contributed by atoms with Crippen LogP contribution < -0.4 is 0 Å². The van der Waals surface area contributed by atoms with Crippen molar-refractivity contribution in [3.63, 3.8) is 0 Å². The lowest BCUT2D eigenvalue weighted by Crippen LogP contribution is -2.22. The second-order valence-electron chi connectivity index (χ2n) is 6.31. The Bertz CT molecular complexity index is 795.